The first-order valence-corrected chi connectivity index (χ1v) is 23.3. The van der Waals surface area contributed by atoms with Crippen LogP contribution < -0.4 is 20.7 Å². The van der Waals surface area contributed by atoms with E-state index in [0.717, 1.165) is 38.5 Å². The highest BCUT2D eigenvalue weighted by Gasteiger charge is 2.25. The molecule has 7 N–H and O–H groups in total. The van der Waals surface area contributed by atoms with Gasteiger partial charge in [-0.15, -0.1) is 0 Å². The number of carbonyl (C=O) groups excluding carboxylic acids is 6. The summed E-state index contributed by atoms with van der Waals surface area (Å²) in [6.45, 7) is 2.17. The van der Waals surface area contributed by atoms with Crippen LogP contribution in [0.15, 0.2) is 24.3 Å². The summed E-state index contributed by atoms with van der Waals surface area (Å²) in [6.07, 6.45) is 5.91. The van der Waals surface area contributed by atoms with Gasteiger partial charge in [-0.3, -0.25) is 28.8 Å². The lowest BCUT2D eigenvalue weighted by atomic mass is 9.97. The van der Waals surface area contributed by atoms with E-state index in [1.807, 2.05) is 0 Å². The molecule has 3 atom stereocenters. The molecule has 0 heterocycles. The van der Waals surface area contributed by atoms with E-state index in [9.17, 15) is 63.3 Å². The Kier molecular flexibility index (Phi) is 33.7. The molecule has 1 aromatic carbocycles. The molecule has 0 fully saturated rings. The number of hydrogen-bond donors (Lipinski definition) is 7. The zero-order valence-electron chi connectivity index (χ0n) is 39.5. The van der Waals surface area contributed by atoms with Crippen molar-refractivity contribution < 1.29 is 92.1 Å². The normalized spacial score (nSPS) is 12.2. The summed E-state index contributed by atoms with van der Waals surface area (Å²) in [5, 5.41) is 44.5. The van der Waals surface area contributed by atoms with Gasteiger partial charge in [0.25, 0.3) is 0 Å². The Bertz CT molecular complexity index is 1760. The SMILES string of the molecule is CC(=O)CC[C@H](NC(=O)CCC(CC(=O)COCCOCCNC(=O)COCCOCCCC(=O)CC[C@H](NC(=O)CCCCCCCCCOc1ccc(C(=O)O)cc1)C(=O)O)C(=O)O)C(=O)O. The molecule has 0 aliphatic carbocycles. The van der Waals surface area contributed by atoms with Gasteiger partial charge in [-0.2, -0.15) is 0 Å². The van der Waals surface area contributed by atoms with Gasteiger partial charge >= 0.3 is 23.9 Å². The number of nitrogens with one attached hydrogen (secondary N) is 3. The number of Topliss-reactive ketones (excluding diaryl/α,β-unsaturated/α-hetero) is 3. The van der Waals surface area contributed by atoms with Crippen LogP contribution in [0.25, 0.3) is 0 Å². The number of unbranched alkanes of at least 4 members (excludes halogenated alkanes) is 6. The van der Waals surface area contributed by atoms with Gasteiger partial charge in [0.1, 0.15) is 42.6 Å². The Morgan fingerprint density at radius 2 is 1.04 bits per heavy atom. The van der Waals surface area contributed by atoms with Gasteiger partial charge < -0.3 is 64.9 Å². The maximum Gasteiger partial charge on any atom is 0.335 e. The lowest BCUT2D eigenvalue weighted by molar-refractivity contribution is -0.145. The molecule has 0 saturated carbocycles. The van der Waals surface area contributed by atoms with E-state index in [0.29, 0.717) is 25.2 Å². The van der Waals surface area contributed by atoms with Crippen molar-refractivity contribution >= 4 is 58.9 Å². The molecule has 1 unspecified atom stereocenters. The van der Waals surface area contributed by atoms with Crippen molar-refractivity contribution in [1.82, 2.24) is 16.0 Å². The minimum Gasteiger partial charge on any atom is -0.494 e. The summed E-state index contributed by atoms with van der Waals surface area (Å²) in [7, 11) is 0. The van der Waals surface area contributed by atoms with Gasteiger partial charge in [0, 0.05) is 51.7 Å². The molecule has 22 heteroatoms. The molecule has 1 rings (SSSR count). The van der Waals surface area contributed by atoms with Crippen molar-refractivity contribution in [1.29, 1.82) is 0 Å². The van der Waals surface area contributed by atoms with Crippen LogP contribution in [-0.2, 0) is 62.1 Å². The van der Waals surface area contributed by atoms with Gasteiger partial charge in [0.15, 0.2) is 5.78 Å². The molecule has 3 amide bonds. The average Bonchev–Trinajstić information content (AvgIpc) is 3.29. The maximum atomic E-state index is 12.4. The van der Waals surface area contributed by atoms with Crippen LogP contribution in [0.5, 0.6) is 5.75 Å². The molecule has 0 aliphatic heterocycles. The second kappa shape index (κ2) is 38.1. The summed E-state index contributed by atoms with van der Waals surface area (Å²) in [5.74, 6) is -7.76. The molecule has 1 aromatic rings. The third-order valence-corrected chi connectivity index (χ3v) is 10.3. The number of hydrogen-bond acceptors (Lipinski definition) is 15. The van der Waals surface area contributed by atoms with Crippen molar-refractivity contribution in [2.45, 2.75) is 128 Å². The summed E-state index contributed by atoms with van der Waals surface area (Å²) >= 11 is 0. The second-order valence-electron chi connectivity index (χ2n) is 16.2. The van der Waals surface area contributed by atoms with E-state index in [1.54, 1.807) is 12.1 Å². The van der Waals surface area contributed by atoms with Crippen molar-refractivity contribution in [2.24, 2.45) is 5.92 Å². The third-order valence-electron chi connectivity index (χ3n) is 10.3. The van der Waals surface area contributed by atoms with Gasteiger partial charge in [0.2, 0.25) is 17.7 Å². The Morgan fingerprint density at radius 1 is 0.493 bits per heavy atom. The highest BCUT2D eigenvalue weighted by atomic mass is 16.5. The van der Waals surface area contributed by atoms with Crippen LogP contribution in [0.1, 0.15) is 126 Å². The first-order chi connectivity index (χ1) is 33.0. The van der Waals surface area contributed by atoms with Crippen molar-refractivity contribution in [2.75, 3.05) is 66.0 Å². The number of aliphatic carboxylic acids is 3. The average molecular weight is 982 g/mol. The van der Waals surface area contributed by atoms with E-state index in [4.69, 9.17) is 28.8 Å². The number of carboxylic acid groups (broad SMARTS) is 4. The molecule has 69 heavy (non-hydrogen) atoms. The standard InChI is InChI=1S/C47H71N3O19/c1-33(51)12-19-39(46(61)62)50-42(55)21-15-35(45(59)60)30-37(53)31-67-28-27-66-25-22-48-43(56)32-68-29-26-65-23-9-10-36(52)16-20-40(47(63)64)49-41(54)11-7-5-3-2-4-6-8-24-69-38-17-13-34(14-18-38)44(57)58/h13-14,17-18,35,39-40H,2-12,15-16,19-32H2,1H3,(H,48,56)(H,49,54)(H,50,55)(H,57,58)(H,59,60)(H,61,62)(H,63,64)/t35?,39-,40-/m0/s1. The van der Waals surface area contributed by atoms with Crippen LogP contribution in [0.2, 0.25) is 0 Å². The van der Waals surface area contributed by atoms with Crippen molar-refractivity contribution in [3.8, 4) is 5.75 Å². The Balaban J connectivity index is 2.02. The maximum absolute atomic E-state index is 12.4. The number of aromatic carboxylic acids is 1. The van der Waals surface area contributed by atoms with E-state index < -0.39 is 65.9 Å². The fourth-order valence-corrected chi connectivity index (χ4v) is 6.41. The fourth-order valence-electron chi connectivity index (χ4n) is 6.41. The first-order valence-electron chi connectivity index (χ1n) is 23.3. The highest BCUT2D eigenvalue weighted by Crippen LogP contribution is 2.15. The Hall–Kier alpha value is -5.84. The molecule has 22 nitrogen and oxygen atoms in total. The lowest BCUT2D eigenvalue weighted by Crippen LogP contribution is -2.41. The fraction of sp³-hybridized carbons (Fsp3) is 0.660. The molecule has 388 valence electrons. The van der Waals surface area contributed by atoms with E-state index in [1.165, 1.54) is 19.1 Å². The lowest BCUT2D eigenvalue weighted by Gasteiger charge is -2.15. The smallest absolute Gasteiger partial charge is 0.335 e. The third kappa shape index (κ3) is 33.3. The molecule has 0 aromatic heterocycles. The zero-order valence-corrected chi connectivity index (χ0v) is 39.5. The first kappa shape index (κ1) is 61.2. The van der Waals surface area contributed by atoms with Crippen LogP contribution >= 0.6 is 0 Å². The number of benzene rings is 1. The van der Waals surface area contributed by atoms with E-state index in [2.05, 4.69) is 16.0 Å². The topological polar surface area (TPSA) is 334 Å². The number of carboxylic acids is 4. The molecule has 0 spiro atoms. The van der Waals surface area contributed by atoms with Gasteiger partial charge in [-0.05, 0) is 69.7 Å². The number of amides is 3. The van der Waals surface area contributed by atoms with Crippen LogP contribution in [-0.4, -0.2) is 157 Å². The predicted octanol–water partition coefficient (Wildman–Crippen LogP) is 3.14. The number of ether oxygens (including phenoxy) is 5. The molecular weight excluding hydrogens is 911 g/mol. The molecule has 0 radical (unpaired) electrons. The zero-order chi connectivity index (χ0) is 51.2. The van der Waals surface area contributed by atoms with Crippen molar-refractivity contribution in [3.63, 3.8) is 0 Å². The van der Waals surface area contributed by atoms with Gasteiger partial charge in [0.05, 0.1) is 51.1 Å². The monoisotopic (exact) mass is 981 g/mol. The van der Waals surface area contributed by atoms with Gasteiger partial charge in [-0.1, -0.05) is 32.1 Å². The number of rotatable bonds is 45. The van der Waals surface area contributed by atoms with E-state index >= 15 is 0 Å². The predicted molar refractivity (Wildman–Crippen MR) is 245 cm³/mol. The van der Waals surface area contributed by atoms with Gasteiger partial charge in [-0.25, -0.2) is 14.4 Å². The summed E-state index contributed by atoms with van der Waals surface area (Å²) in [4.78, 5) is 118. The van der Waals surface area contributed by atoms with Crippen LogP contribution in [0, 0.1) is 5.92 Å². The van der Waals surface area contributed by atoms with Crippen LogP contribution in [0.3, 0.4) is 0 Å². The molecule has 0 bridgehead atoms. The van der Waals surface area contributed by atoms with E-state index in [-0.39, 0.29) is 134 Å². The quantitative estimate of drug-likeness (QED) is 0.0462. The molecular formula is C47H71N3O19. The Labute approximate surface area is 401 Å². The summed E-state index contributed by atoms with van der Waals surface area (Å²) < 4.78 is 26.9. The van der Waals surface area contributed by atoms with Crippen LogP contribution in [0.4, 0.5) is 0 Å². The highest BCUT2D eigenvalue weighted by molar-refractivity contribution is 5.88. The molecule has 0 saturated heterocycles. The van der Waals surface area contributed by atoms with Crippen molar-refractivity contribution in [3.05, 3.63) is 29.8 Å². The second-order valence-corrected chi connectivity index (χ2v) is 16.2. The number of carbonyl (C=O) groups is 10. The Morgan fingerprint density at radius 3 is 1.64 bits per heavy atom. The summed E-state index contributed by atoms with van der Waals surface area (Å²) in [6, 6.07) is 3.81. The summed E-state index contributed by atoms with van der Waals surface area (Å²) in [5.41, 5.74) is 0.205. The minimum atomic E-state index is -1.32. The molecule has 0 aliphatic rings. The largest absolute Gasteiger partial charge is 0.494 e. The minimum absolute atomic E-state index is 0.00649. The number of ketones is 3.